The smallest absolute Gasteiger partial charge is 0.255 e. The number of amides is 1. The van der Waals surface area contributed by atoms with Gasteiger partial charge in [-0.1, -0.05) is 36.4 Å². The third kappa shape index (κ3) is 3.90. The highest BCUT2D eigenvalue weighted by Crippen LogP contribution is 2.76. The van der Waals surface area contributed by atoms with Gasteiger partial charge < -0.3 is 24.6 Å². The molecule has 234 valence electrons. The Labute approximate surface area is 264 Å². The van der Waals surface area contributed by atoms with Gasteiger partial charge in [-0.25, -0.2) is 0 Å². The molecule has 5 aliphatic carbocycles. The number of ether oxygens (including phenoxy) is 3. The van der Waals surface area contributed by atoms with Crippen LogP contribution in [0.25, 0.3) is 0 Å². The number of phenolic OH excluding ortho intramolecular Hbond substituents is 1. The van der Waals surface area contributed by atoms with Gasteiger partial charge in [-0.15, -0.1) is 0 Å². The maximum Gasteiger partial charge on any atom is 0.255 e. The summed E-state index contributed by atoms with van der Waals surface area (Å²) in [6.45, 7) is 3.34. The number of anilines is 1. The van der Waals surface area contributed by atoms with E-state index in [9.17, 15) is 9.90 Å². The first kappa shape index (κ1) is 27.9. The molecule has 7 nitrogen and oxygen atoms in total. The molecular weight excluding hydrogens is 564 g/mol. The van der Waals surface area contributed by atoms with Gasteiger partial charge in [-0.2, -0.15) is 0 Å². The molecule has 3 aromatic rings. The van der Waals surface area contributed by atoms with Crippen LogP contribution in [-0.4, -0.2) is 60.5 Å². The fraction of sp³-hybridized carbons (Fsp3) is 0.500. The Hall–Kier alpha value is -3.39. The quantitative estimate of drug-likeness (QED) is 0.307. The normalized spacial score (nSPS) is 33.8. The zero-order valence-corrected chi connectivity index (χ0v) is 26.0. The number of benzene rings is 3. The molecule has 2 spiro atoms. The summed E-state index contributed by atoms with van der Waals surface area (Å²) in [5.41, 5.74) is 4.55. The summed E-state index contributed by atoms with van der Waals surface area (Å²) in [5.74, 6) is 1.89. The second-order valence-corrected chi connectivity index (χ2v) is 14.6. The van der Waals surface area contributed by atoms with E-state index in [1.807, 2.05) is 67.8 Å². The lowest BCUT2D eigenvalue weighted by Crippen LogP contribution is -2.81. The summed E-state index contributed by atoms with van der Waals surface area (Å²) in [6, 6.07) is 21.7. The van der Waals surface area contributed by atoms with E-state index in [0.29, 0.717) is 24.8 Å². The van der Waals surface area contributed by atoms with Gasteiger partial charge in [0.15, 0.2) is 11.5 Å². The molecule has 45 heavy (non-hydrogen) atoms. The van der Waals surface area contributed by atoms with Gasteiger partial charge in [-0.05, 0) is 98.9 Å². The Morgan fingerprint density at radius 3 is 2.76 bits per heavy atom. The van der Waals surface area contributed by atoms with Gasteiger partial charge in [-0.3, -0.25) is 9.69 Å². The Kier molecular flexibility index (Phi) is 6.23. The lowest BCUT2D eigenvalue weighted by atomic mass is 9.35. The SMILES string of the molecule is COC12CCC3(C[C@@H]1COCc1cccc(NC(=O)c4ccccc4)c1)[C@H]1Cc4ccc(O)c5c4C3(CCN1CC1CC1)[C@H]2O5. The van der Waals surface area contributed by atoms with E-state index in [-0.39, 0.29) is 34.5 Å². The first-order chi connectivity index (χ1) is 22.0. The van der Waals surface area contributed by atoms with Crippen molar-refractivity contribution in [3.63, 3.8) is 0 Å². The van der Waals surface area contributed by atoms with Crippen molar-refractivity contribution in [1.29, 1.82) is 0 Å². The van der Waals surface area contributed by atoms with Crippen LogP contribution in [0.5, 0.6) is 11.5 Å². The molecular formula is C38H42N2O5. The molecule has 3 aromatic carbocycles. The number of likely N-dealkylation sites (tertiary alicyclic amines) is 1. The van der Waals surface area contributed by atoms with Crippen LogP contribution in [0.2, 0.25) is 0 Å². The van der Waals surface area contributed by atoms with Crippen LogP contribution in [0.15, 0.2) is 66.7 Å². The summed E-state index contributed by atoms with van der Waals surface area (Å²) in [6.07, 6.45) is 7.81. The van der Waals surface area contributed by atoms with E-state index in [1.165, 1.54) is 30.5 Å². The molecule has 2 heterocycles. The van der Waals surface area contributed by atoms with Crippen molar-refractivity contribution in [3.8, 4) is 11.5 Å². The Morgan fingerprint density at radius 1 is 1.07 bits per heavy atom. The van der Waals surface area contributed by atoms with E-state index >= 15 is 0 Å². The number of carbonyl (C=O) groups excluding carboxylic acids is 1. The summed E-state index contributed by atoms with van der Waals surface area (Å²) in [4.78, 5) is 15.6. The van der Waals surface area contributed by atoms with Crippen LogP contribution in [0.4, 0.5) is 5.69 Å². The molecule has 4 saturated carbocycles. The third-order valence-electron chi connectivity index (χ3n) is 12.6. The number of nitrogens with one attached hydrogen (secondary N) is 1. The number of carbonyl (C=O) groups is 1. The van der Waals surface area contributed by atoms with Crippen LogP contribution < -0.4 is 10.1 Å². The number of hydrogen-bond acceptors (Lipinski definition) is 6. The summed E-state index contributed by atoms with van der Waals surface area (Å²) < 4.78 is 20.1. The minimum absolute atomic E-state index is 0.0762. The maximum absolute atomic E-state index is 12.7. The Balaban J connectivity index is 0.994. The topological polar surface area (TPSA) is 80.3 Å². The monoisotopic (exact) mass is 606 g/mol. The van der Waals surface area contributed by atoms with Crippen molar-refractivity contribution in [2.75, 3.05) is 32.1 Å². The van der Waals surface area contributed by atoms with E-state index in [0.717, 1.165) is 61.6 Å². The first-order valence-electron chi connectivity index (χ1n) is 16.8. The number of rotatable bonds is 9. The summed E-state index contributed by atoms with van der Waals surface area (Å²) >= 11 is 0. The molecule has 2 aliphatic heterocycles. The minimum atomic E-state index is -0.476. The lowest BCUT2D eigenvalue weighted by molar-refractivity contribution is -0.283. The van der Waals surface area contributed by atoms with Crippen molar-refractivity contribution in [2.45, 2.75) is 74.7 Å². The van der Waals surface area contributed by atoms with E-state index in [4.69, 9.17) is 14.2 Å². The first-order valence-corrected chi connectivity index (χ1v) is 16.8. The molecule has 7 heteroatoms. The standard InChI is InChI=1S/C38H42N2O5/c1-43-38-15-14-36(20-28(38)23-44-22-25-6-5-9-29(18-25)39-34(42)26-7-3-2-4-8-26)31-19-27-12-13-30(41)33-32(27)37(36,35(38)45-33)16-17-40(31)21-24-10-11-24/h2-9,12-13,18,24,28,31,35,41H,10-11,14-17,19-23H2,1H3,(H,39,42)/t28-,31-,35-,36?,37?,38?/m1/s1. The van der Waals surface area contributed by atoms with Crippen LogP contribution in [0, 0.1) is 17.3 Å². The zero-order valence-electron chi connectivity index (χ0n) is 26.0. The third-order valence-corrected chi connectivity index (χ3v) is 12.6. The second kappa shape index (κ2) is 10.1. The van der Waals surface area contributed by atoms with Crippen molar-refractivity contribution >= 4 is 11.6 Å². The van der Waals surface area contributed by atoms with Crippen LogP contribution in [0.1, 0.15) is 65.6 Å². The van der Waals surface area contributed by atoms with Gasteiger partial charge in [0.1, 0.15) is 11.7 Å². The van der Waals surface area contributed by atoms with Gasteiger partial charge in [0.25, 0.3) is 5.91 Å². The molecule has 10 rings (SSSR count). The molecule has 1 amide bonds. The van der Waals surface area contributed by atoms with Crippen molar-refractivity contribution in [1.82, 2.24) is 4.90 Å². The second-order valence-electron chi connectivity index (χ2n) is 14.6. The molecule has 1 saturated heterocycles. The molecule has 6 atom stereocenters. The fourth-order valence-electron chi connectivity index (χ4n) is 10.6. The number of methoxy groups -OCH3 is 1. The van der Waals surface area contributed by atoms with Crippen LogP contribution >= 0.6 is 0 Å². The average molecular weight is 607 g/mol. The molecule has 3 unspecified atom stereocenters. The number of phenols is 1. The van der Waals surface area contributed by atoms with Crippen LogP contribution in [-0.2, 0) is 27.9 Å². The molecule has 7 aliphatic rings. The lowest BCUT2D eigenvalue weighted by Gasteiger charge is -2.74. The molecule has 0 radical (unpaired) electrons. The average Bonchev–Trinajstić information content (AvgIpc) is 3.81. The van der Waals surface area contributed by atoms with E-state index < -0.39 is 5.60 Å². The van der Waals surface area contributed by atoms with Gasteiger partial charge in [0, 0.05) is 53.3 Å². The van der Waals surface area contributed by atoms with Crippen molar-refractivity contribution in [3.05, 3.63) is 89.0 Å². The van der Waals surface area contributed by atoms with Crippen molar-refractivity contribution < 1.29 is 24.1 Å². The number of piperidine rings is 1. The largest absolute Gasteiger partial charge is 0.504 e. The summed E-state index contributed by atoms with van der Waals surface area (Å²) in [7, 11) is 1.86. The molecule has 4 bridgehead atoms. The molecule has 5 fully saturated rings. The van der Waals surface area contributed by atoms with E-state index in [2.05, 4.69) is 16.3 Å². The highest BCUT2D eigenvalue weighted by atomic mass is 16.6. The van der Waals surface area contributed by atoms with E-state index in [1.54, 1.807) is 0 Å². The minimum Gasteiger partial charge on any atom is -0.504 e. The predicted molar refractivity (Wildman–Crippen MR) is 171 cm³/mol. The fourth-order valence-corrected chi connectivity index (χ4v) is 10.6. The van der Waals surface area contributed by atoms with Gasteiger partial charge in [0.05, 0.1) is 13.2 Å². The van der Waals surface area contributed by atoms with Gasteiger partial charge >= 0.3 is 0 Å². The zero-order chi connectivity index (χ0) is 30.4. The number of hydrogen-bond donors (Lipinski definition) is 2. The Morgan fingerprint density at radius 2 is 1.93 bits per heavy atom. The molecule has 2 N–H and O–H groups in total. The molecule has 0 aromatic heterocycles. The summed E-state index contributed by atoms with van der Waals surface area (Å²) in [5, 5.41) is 14.1. The highest BCUT2D eigenvalue weighted by molar-refractivity contribution is 6.04. The van der Waals surface area contributed by atoms with Crippen molar-refractivity contribution in [2.24, 2.45) is 17.3 Å². The Bertz CT molecular complexity index is 1660. The number of fused-ring (bicyclic) bond motifs is 2. The number of aromatic hydroxyl groups is 1. The predicted octanol–water partition coefficient (Wildman–Crippen LogP) is 6.09. The maximum atomic E-state index is 12.7. The van der Waals surface area contributed by atoms with Gasteiger partial charge in [0.2, 0.25) is 0 Å². The number of nitrogens with zero attached hydrogens (tertiary/aromatic N) is 1. The highest BCUT2D eigenvalue weighted by Gasteiger charge is 2.80. The van der Waals surface area contributed by atoms with Crippen LogP contribution in [0.3, 0.4) is 0 Å².